The summed E-state index contributed by atoms with van der Waals surface area (Å²) in [6, 6.07) is 7.79. The van der Waals surface area contributed by atoms with Gasteiger partial charge in [0.05, 0.1) is 12.0 Å². The van der Waals surface area contributed by atoms with Crippen LogP contribution in [0.4, 0.5) is 0 Å². The van der Waals surface area contributed by atoms with E-state index in [-0.39, 0.29) is 5.56 Å². The number of hydrogen-bond acceptors (Lipinski definition) is 5. The normalized spacial score (nSPS) is 13.8. The summed E-state index contributed by atoms with van der Waals surface area (Å²) in [5, 5.41) is 1.61. The molecular formula is C19H19BrN2O2S2. The lowest BCUT2D eigenvalue weighted by Crippen LogP contribution is -2.21. The number of aromatic nitrogens is 2. The molecule has 0 saturated heterocycles. The lowest BCUT2D eigenvalue weighted by Gasteiger charge is -2.11. The molecule has 7 heteroatoms. The van der Waals surface area contributed by atoms with Gasteiger partial charge in [0, 0.05) is 22.2 Å². The Balaban J connectivity index is 1.49. The quantitative estimate of drug-likeness (QED) is 0.317. The first-order chi connectivity index (χ1) is 12.6. The maximum Gasteiger partial charge on any atom is 0.262 e. The molecule has 1 aromatic carbocycles. The van der Waals surface area contributed by atoms with Crippen molar-refractivity contribution in [2.24, 2.45) is 7.05 Å². The Morgan fingerprint density at radius 1 is 1.27 bits per heavy atom. The number of nitrogens with zero attached hydrogens (tertiary/aromatic N) is 2. The second-order valence-corrected chi connectivity index (χ2v) is 9.36. The van der Waals surface area contributed by atoms with Crippen LogP contribution in [0.1, 0.15) is 23.3 Å². The van der Waals surface area contributed by atoms with Crippen LogP contribution in [0.5, 0.6) is 5.75 Å². The summed E-state index contributed by atoms with van der Waals surface area (Å²) in [5.41, 5.74) is 1.34. The largest absolute Gasteiger partial charge is 0.493 e. The van der Waals surface area contributed by atoms with Crippen molar-refractivity contribution in [1.29, 1.82) is 0 Å². The van der Waals surface area contributed by atoms with Gasteiger partial charge in [-0.2, -0.15) is 0 Å². The molecular weight excluding hydrogens is 432 g/mol. The third-order valence-electron chi connectivity index (χ3n) is 4.55. The number of hydrogen-bond donors (Lipinski definition) is 0. The van der Waals surface area contributed by atoms with E-state index < -0.39 is 0 Å². The molecule has 26 heavy (non-hydrogen) atoms. The summed E-state index contributed by atoms with van der Waals surface area (Å²) < 4.78 is 8.47. The van der Waals surface area contributed by atoms with E-state index in [2.05, 4.69) is 15.9 Å². The molecule has 0 aliphatic heterocycles. The van der Waals surface area contributed by atoms with E-state index in [4.69, 9.17) is 9.72 Å². The van der Waals surface area contributed by atoms with E-state index in [1.54, 1.807) is 27.7 Å². The zero-order valence-corrected chi connectivity index (χ0v) is 17.7. The molecule has 0 N–H and O–H groups in total. The highest BCUT2D eigenvalue weighted by molar-refractivity contribution is 9.10. The Labute approximate surface area is 168 Å². The molecule has 0 saturated carbocycles. The van der Waals surface area contributed by atoms with Gasteiger partial charge in [-0.15, -0.1) is 11.3 Å². The highest BCUT2D eigenvalue weighted by atomic mass is 79.9. The Hall–Kier alpha value is -1.31. The van der Waals surface area contributed by atoms with Gasteiger partial charge in [-0.1, -0.05) is 27.7 Å². The van der Waals surface area contributed by atoms with Crippen LogP contribution in [-0.4, -0.2) is 21.9 Å². The number of benzene rings is 1. The predicted molar refractivity (Wildman–Crippen MR) is 112 cm³/mol. The molecule has 4 nitrogen and oxygen atoms in total. The van der Waals surface area contributed by atoms with Gasteiger partial charge in [-0.05, 0) is 55.5 Å². The summed E-state index contributed by atoms with van der Waals surface area (Å²) in [6.45, 7) is 0.571. The van der Waals surface area contributed by atoms with E-state index in [1.165, 1.54) is 23.3 Å². The molecule has 2 aromatic heterocycles. The first kappa shape index (κ1) is 18.1. The highest BCUT2D eigenvalue weighted by Crippen LogP contribution is 2.34. The molecule has 1 aliphatic carbocycles. The number of aryl methyl sites for hydroxylation is 2. The maximum atomic E-state index is 12.8. The second-order valence-electron chi connectivity index (χ2n) is 6.30. The van der Waals surface area contributed by atoms with Gasteiger partial charge in [0.15, 0.2) is 5.16 Å². The van der Waals surface area contributed by atoms with Gasteiger partial charge in [0.2, 0.25) is 0 Å². The van der Waals surface area contributed by atoms with Gasteiger partial charge < -0.3 is 4.74 Å². The van der Waals surface area contributed by atoms with E-state index >= 15 is 0 Å². The Morgan fingerprint density at radius 3 is 2.85 bits per heavy atom. The number of fused-ring (bicyclic) bond motifs is 3. The minimum atomic E-state index is 0.0886. The summed E-state index contributed by atoms with van der Waals surface area (Å²) in [5.74, 6) is 1.59. The van der Waals surface area contributed by atoms with Gasteiger partial charge in [0.1, 0.15) is 10.6 Å². The summed E-state index contributed by atoms with van der Waals surface area (Å²) >= 11 is 6.68. The first-order valence-corrected chi connectivity index (χ1v) is 11.3. The van der Waals surface area contributed by atoms with Crippen molar-refractivity contribution < 1.29 is 4.74 Å². The minimum Gasteiger partial charge on any atom is -0.493 e. The van der Waals surface area contributed by atoms with Crippen LogP contribution in [0.3, 0.4) is 0 Å². The van der Waals surface area contributed by atoms with Crippen molar-refractivity contribution in [1.82, 2.24) is 9.55 Å². The Morgan fingerprint density at radius 2 is 2.04 bits per heavy atom. The average Bonchev–Trinajstić information content (AvgIpc) is 3.02. The van der Waals surface area contributed by atoms with Crippen molar-refractivity contribution in [3.8, 4) is 5.75 Å². The maximum absolute atomic E-state index is 12.8. The lowest BCUT2D eigenvalue weighted by molar-refractivity contribution is 0.343. The van der Waals surface area contributed by atoms with Crippen LogP contribution in [-0.2, 0) is 19.9 Å². The van der Waals surface area contributed by atoms with Crippen molar-refractivity contribution >= 4 is 49.2 Å². The van der Waals surface area contributed by atoms with Crippen molar-refractivity contribution in [2.45, 2.75) is 30.8 Å². The molecule has 0 spiro atoms. The molecule has 0 fully saturated rings. The predicted octanol–water partition coefficient (Wildman–Crippen LogP) is 4.81. The van der Waals surface area contributed by atoms with E-state index in [9.17, 15) is 4.79 Å². The van der Waals surface area contributed by atoms with Crippen LogP contribution in [0, 0.1) is 0 Å². The first-order valence-electron chi connectivity index (χ1n) is 8.66. The molecule has 0 bridgehead atoms. The number of ether oxygens (including phenoxy) is 1. The molecule has 1 aliphatic rings. The van der Waals surface area contributed by atoms with Crippen molar-refractivity contribution in [2.75, 3.05) is 12.4 Å². The SMILES string of the molecule is Cn1c(SCCOc2ccc(Br)cc2)nc2sc3c(c2c1=O)CCCC3. The van der Waals surface area contributed by atoms with Crippen molar-refractivity contribution in [3.63, 3.8) is 0 Å². The van der Waals surface area contributed by atoms with E-state index in [0.29, 0.717) is 6.61 Å². The van der Waals surface area contributed by atoms with Crippen LogP contribution in [0.2, 0.25) is 0 Å². The number of rotatable bonds is 5. The molecule has 2 heterocycles. The molecule has 0 atom stereocenters. The van der Waals surface area contributed by atoms with Gasteiger partial charge in [-0.3, -0.25) is 9.36 Å². The van der Waals surface area contributed by atoms with Crippen LogP contribution in [0.15, 0.2) is 38.7 Å². The van der Waals surface area contributed by atoms with Gasteiger partial charge in [0.25, 0.3) is 5.56 Å². The van der Waals surface area contributed by atoms with Crippen LogP contribution in [0.25, 0.3) is 10.2 Å². The number of halogens is 1. The van der Waals surface area contributed by atoms with Crippen LogP contribution < -0.4 is 10.3 Å². The third-order valence-corrected chi connectivity index (χ3v) is 7.26. The molecule has 136 valence electrons. The van der Waals surface area contributed by atoms with Gasteiger partial charge >= 0.3 is 0 Å². The second kappa shape index (κ2) is 7.74. The van der Waals surface area contributed by atoms with Crippen molar-refractivity contribution in [3.05, 3.63) is 49.5 Å². The smallest absolute Gasteiger partial charge is 0.262 e. The fourth-order valence-electron chi connectivity index (χ4n) is 3.22. The zero-order chi connectivity index (χ0) is 18.1. The molecule has 0 amide bonds. The highest BCUT2D eigenvalue weighted by Gasteiger charge is 2.21. The number of thioether (sulfide) groups is 1. The van der Waals surface area contributed by atoms with Crippen LogP contribution >= 0.6 is 39.0 Å². The fourth-order valence-corrected chi connectivity index (χ4v) is 5.58. The molecule has 4 rings (SSSR count). The molecule has 3 aromatic rings. The summed E-state index contributed by atoms with van der Waals surface area (Å²) in [7, 11) is 1.82. The third kappa shape index (κ3) is 3.57. The topological polar surface area (TPSA) is 44.1 Å². The summed E-state index contributed by atoms with van der Waals surface area (Å²) in [4.78, 5) is 19.9. The summed E-state index contributed by atoms with van der Waals surface area (Å²) in [6.07, 6.45) is 4.49. The lowest BCUT2D eigenvalue weighted by atomic mass is 9.97. The standard InChI is InChI=1S/C19H19BrN2O2S2/c1-22-18(23)16-14-4-2-3-5-15(14)26-17(16)21-19(22)25-11-10-24-13-8-6-12(20)7-9-13/h6-9H,2-5,10-11H2,1H3. The van der Waals surface area contributed by atoms with E-state index in [1.807, 2.05) is 31.3 Å². The average molecular weight is 451 g/mol. The Kier molecular flexibility index (Phi) is 5.38. The Bertz CT molecular complexity index is 995. The van der Waals surface area contributed by atoms with E-state index in [0.717, 1.165) is 44.2 Å². The minimum absolute atomic E-state index is 0.0886. The molecule has 0 radical (unpaired) electrons. The number of thiophene rings is 1. The fraction of sp³-hybridized carbons (Fsp3) is 0.368. The molecule has 0 unspecified atom stereocenters. The monoisotopic (exact) mass is 450 g/mol. The van der Waals surface area contributed by atoms with Gasteiger partial charge in [-0.25, -0.2) is 4.98 Å². The zero-order valence-electron chi connectivity index (χ0n) is 14.5.